The van der Waals surface area contributed by atoms with Crippen molar-refractivity contribution in [1.29, 1.82) is 0 Å². The van der Waals surface area contributed by atoms with E-state index in [0.29, 0.717) is 19.0 Å². The summed E-state index contributed by atoms with van der Waals surface area (Å²) in [6.45, 7) is 0.811. The van der Waals surface area contributed by atoms with Crippen molar-refractivity contribution in [2.24, 2.45) is 0 Å². The molecular formula is C16H16N6O3. The summed E-state index contributed by atoms with van der Waals surface area (Å²) in [5, 5.41) is 23.9. The lowest BCUT2D eigenvalue weighted by molar-refractivity contribution is 0.0172. The van der Waals surface area contributed by atoms with E-state index in [4.69, 9.17) is 9.47 Å². The molecule has 128 valence electrons. The average Bonchev–Trinajstić information content (AvgIpc) is 3.42. The minimum atomic E-state index is -0.559. The zero-order valence-corrected chi connectivity index (χ0v) is 13.2. The van der Waals surface area contributed by atoms with E-state index in [0.717, 1.165) is 17.0 Å². The first-order valence-electron chi connectivity index (χ1n) is 8.09. The van der Waals surface area contributed by atoms with Gasteiger partial charge in [0.05, 0.1) is 19.3 Å². The Labute approximate surface area is 142 Å². The number of ether oxygens (including phenoxy) is 2. The summed E-state index contributed by atoms with van der Waals surface area (Å²) >= 11 is 0. The first-order valence-corrected chi connectivity index (χ1v) is 8.09. The van der Waals surface area contributed by atoms with Crippen LogP contribution in [0.15, 0.2) is 36.7 Å². The van der Waals surface area contributed by atoms with Gasteiger partial charge in [0.2, 0.25) is 5.82 Å². The molecule has 0 spiro atoms. The Morgan fingerprint density at radius 2 is 1.88 bits per heavy atom. The van der Waals surface area contributed by atoms with Crippen LogP contribution in [0.2, 0.25) is 0 Å². The molecule has 0 bridgehead atoms. The van der Waals surface area contributed by atoms with Crippen molar-refractivity contribution in [3.8, 4) is 22.8 Å². The summed E-state index contributed by atoms with van der Waals surface area (Å²) < 4.78 is 13.5. The van der Waals surface area contributed by atoms with Gasteiger partial charge >= 0.3 is 0 Å². The molecule has 0 unspecified atom stereocenters. The second kappa shape index (κ2) is 5.73. The number of nitrogens with one attached hydrogen (secondary N) is 1. The normalized spacial score (nSPS) is 28.4. The number of hydrogen-bond acceptors (Lipinski definition) is 7. The van der Waals surface area contributed by atoms with E-state index in [-0.39, 0.29) is 18.2 Å². The van der Waals surface area contributed by atoms with Crippen LogP contribution < -0.4 is 0 Å². The molecule has 1 aromatic carbocycles. The zero-order chi connectivity index (χ0) is 16.8. The molecule has 9 nitrogen and oxygen atoms in total. The number of tetrazole rings is 1. The van der Waals surface area contributed by atoms with Crippen molar-refractivity contribution in [3.63, 3.8) is 0 Å². The summed E-state index contributed by atoms with van der Waals surface area (Å²) in [5.74, 6) is 1.38. The van der Waals surface area contributed by atoms with Crippen LogP contribution in [0, 0.1) is 0 Å². The van der Waals surface area contributed by atoms with Crippen molar-refractivity contribution >= 4 is 0 Å². The van der Waals surface area contributed by atoms with E-state index in [2.05, 4.69) is 30.2 Å². The topological polar surface area (TPSA) is 111 Å². The number of nitrogens with zero attached hydrogens (tertiary/aromatic N) is 5. The summed E-state index contributed by atoms with van der Waals surface area (Å²) in [5.41, 5.74) is 1.85. The molecule has 25 heavy (non-hydrogen) atoms. The highest BCUT2D eigenvalue weighted by Gasteiger charge is 2.48. The lowest BCUT2D eigenvalue weighted by atomic mass is 10.1. The maximum absolute atomic E-state index is 9.93. The molecule has 0 radical (unpaired) electrons. The number of benzene rings is 1. The molecule has 2 fully saturated rings. The van der Waals surface area contributed by atoms with E-state index in [9.17, 15) is 5.11 Å². The number of H-pyrrole nitrogens is 1. The van der Waals surface area contributed by atoms with Crippen molar-refractivity contribution in [1.82, 2.24) is 30.2 Å². The fourth-order valence-electron chi connectivity index (χ4n) is 3.55. The van der Waals surface area contributed by atoms with Gasteiger partial charge in [0.15, 0.2) is 0 Å². The second-order valence-corrected chi connectivity index (χ2v) is 6.20. The number of fused-ring (bicyclic) bond motifs is 1. The smallest absolute Gasteiger partial charge is 0.204 e. The highest BCUT2D eigenvalue weighted by atomic mass is 16.6. The lowest BCUT2D eigenvalue weighted by Gasteiger charge is -2.19. The summed E-state index contributed by atoms with van der Waals surface area (Å²) in [4.78, 5) is 4.50. The van der Waals surface area contributed by atoms with E-state index in [1.807, 2.05) is 30.5 Å². The van der Waals surface area contributed by atoms with Crippen LogP contribution in [-0.2, 0) is 9.47 Å². The predicted molar refractivity (Wildman–Crippen MR) is 85.4 cm³/mol. The second-order valence-electron chi connectivity index (χ2n) is 6.20. The van der Waals surface area contributed by atoms with Gasteiger partial charge < -0.3 is 19.1 Å². The van der Waals surface area contributed by atoms with E-state index in [1.165, 1.54) is 0 Å². The number of aliphatic hydroxyl groups excluding tert-OH is 1. The third-order valence-electron chi connectivity index (χ3n) is 4.77. The Hall–Kier alpha value is -2.62. The molecule has 3 aromatic rings. The quantitative estimate of drug-likeness (QED) is 0.711. The van der Waals surface area contributed by atoms with Gasteiger partial charge in [0.1, 0.15) is 24.1 Å². The molecule has 2 saturated heterocycles. The molecule has 0 amide bonds. The van der Waals surface area contributed by atoms with Crippen LogP contribution in [0.4, 0.5) is 0 Å². The van der Waals surface area contributed by atoms with Gasteiger partial charge in [-0.1, -0.05) is 24.3 Å². The minimum Gasteiger partial charge on any atom is -0.388 e. The monoisotopic (exact) mass is 340 g/mol. The first kappa shape index (κ1) is 14.7. The Kier molecular flexibility index (Phi) is 3.37. The van der Waals surface area contributed by atoms with Gasteiger partial charge in [0.25, 0.3) is 0 Å². The Balaban J connectivity index is 1.45. The highest BCUT2D eigenvalue weighted by Crippen LogP contribution is 2.36. The maximum atomic E-state index is 9.93. The number of imidazole rings is 1. The standard InChI is InChI=1S/C16H16N6O3/c23-12-8-25-13-11(7-24-14(12)13)22-6-5-17-16(22)10-3-1-9(2-4-10)15-18-20-21-19-15/h1-6,11-14,23H,7-8H2,(H,18,19,20,21)/t11-,12+,13+,14+/m0/s1. The number of hydrogen-bond donors (Lipinski definition) is 2. The average molecular weight is 340 g/mol. The highest BCUT2D eigenvalue weighted by molar-refractivity contribution is 5.63. The summed E-state index contributed by atoms with van der Waals surface area (Å²) in [6, 6.07) is 7.81. The molecule has 2 aliphatic rings. The molecular weight excluding hydrogens is 324 g/mol. The maximum Gasteiger partial charge on any atom is 0.204 e. The van der Waals surface area contributed by atoms with E-state index in [1.54, 1.807) is 6.20 Å². The van der Waals surface area contributed by atoms with Gasteiger partial charge in [-0.15, -0.1) is 10.2 Å². The van der Waals surface area contributed by atoms with Gasteiger partial charge in [0, 0.05) is 23.5 Å². The van der Waals surface area contributed by atoms with Crippen molar-refractivity contribution in [2.45, 2.75) is 24.4 Å². The molecule has 9 heteroatoms. The van der Waals surface area contributed by atoms with Crippen molar-refractivity contribution < 1.29 is 14.6 Å². The zero-order valence-electron chi connectivity index (χ0n) is 13.2. The van der Waals surface area contributed by atoms with E-state index < -0.39 is 6.10 Å². The van der Waals surface area contributed by atoms with Crippen LogP contribution in [0.25, 0.3) is 22.8 Å². The molecule has 2 aromatic heterocycles. The largest absolute Gasteiger partial charge is 0.388 e. The fraction of sp³-hybridized carbons (Fsp3) is 0.375. The Morgan fingerprint density at radius 1 is 1.08 bits per heavy atom. The van der Waals surface area contributed by atoms with Crippen LogP contribution in [0.1, 0.15) is 6.04 Å². The van der Waals surface area contributed by atoms with Crippen LogP contribution in [0.3, 0.4) is 0 Å². The summed E-state index contributed by atoms with van der Waals surface area (Å²) in [6.07, 6.45) is 2.72. The molecule has 4 atom stereocenters. The Morgan fingerprint density at radius 3 is 2.68 bits per heavy atom. The van der Waals surface area contributed by atoms with Gasteiger partial charge in [-0.2, -0.15) is 5.21 Å². The van der Waals surface area contributed by atoms with Crippen LogP contribution >= 0.6 is 0 Å². The number of rotatable bonds is 3. The third-order valence-corrected chi connectivity index (χ3v) is 4.77. The molecule has 0 saturated carbocycles. The summed E-state index contributed by atoms with van der Waals surface area (Å²) in [7, 11) is 0. The van der Waals surface area contributed by atoms with Gasteiger partial charge in [-0.3, -0.25) is 0 Å². The first-order chi connectivity index (χ1) is 12.3. The van der Waals surface area contributed by atoms with Gasteiger partial charge in [-0.25, -0.2) is 4.98 Å². The van der Waals surface area contributed by atoms with Crippen LogP contribution in [-0.4, -0.2) is 66.8 Å². The predicted octanol–water partition coefficient (Wildman–Crippen LogP) is 0.430. The molecule has 2 N–H and O–H groups in total. The minimum absolute atomic E-state index is 0.00321. The molecule has 5 rings (SSSR count). The van der Waals surface area contributed by atoms with Crippen molar-refractivity contribution in [3.05, 3.63) is 36.7 Å². The molecule has 0 aliphatic carbocycles. The Bertz CT molecular complexity index is 862. The van der Waals surface area contributed by atoms with Gasteiger partial charge in [-0.05, 0) is 5.21 Å². The van der Waals surface area contributed by atoms with E-state index >= 15 is 0 Å². The number of aromatic nitrogens is 6. The molecule has 4 heterocycles. The SMILES string of the molecule is O[C@@H]1CO[C@H]2[C@@H]1OC[C@@H]2n1ccnc1-c1ccc(-c2nn[nH]n2)cc1. The van der Waals surface area contributed by atoms with Crippen molar-refractivity contribution in [2.75, 3.05) is 13.2 Å². The fourth-order valence-corrected chi connectivity index (χ4v) is 3.55. The lowest BCUT2D eigenvalue weighted by Crippen LogP contribution is -2.30. The third kappa shape index (κ3) is 2.36. The molecule has 2 aliphatic heterocycles. The number of aromatic amines is 1. The number of aliphatic hydroxyl groups is 1. The van der Waals surface area contributed by atoms with Crippen LogP contribution in [0.5, 0.6) is 0 Å².